The van der Waals surface area contributed by atoms with Crippen molar-refractivity contribution in [3.05, 3.63) is 12.2 Å². The molecule has 2 bridgehead atoms. The highest BCUT2D eigenvalue weighted by molar-refractivity contribution is 6.01. The molecule has 0 radical (unpaired) electrons. The van der Waals surface area contributed by atoms with Crippen LogP contribution in [0.4, 0.5) is 22.0 Å². The number of fused-ring (bicyclic) bond motifs is 3. The predicted molar refractivity (Wildman–Crippen MR) is 392 cm³/mol. The van der Waals surface area contributed by atoms with E-state index in [0.29, 0.717) is 44.4 Å². The quantitative estimate of drug-likeness (QED) is 0.129. The Morgan fingerprint density at radius 1 is 0.676 bits per heavy atom. The van der Waals surface area contributed by atoms with Gasteiger partial charge in [-0.2, -0.15) is 13.2 Å². The summed E-state index contributed by atoms with van der Waals surface area (Å²) >= 11 is 0. The smallest absolute Gasteiger partial charge is 0.379 e. The maximum absolute atomic E-state index is 15.8. The molecule has 0 aromatic heterocycles. The molecule has 3 heterocycles. The van der Waals surface area contributed by atoms with Gasteiger partial charge in [-0.15, -0.1) is 0 Å². The third kappa shape index (κ3) is 21.5. The van der Waals surface area contributed by atoms with Crippen LogP contribution in [-0.2, 0) is 67.0 Å². The summed E-state index contributed by atoms with van der Waals surface area (Å²) in [5.74, 6) is -13.3. The van der Waals surface area contributed by atoms with Crippen molar-refractivity contribution in [2.45, 2.75) is 262 Å². The molecule has 1 spiro atoms. The van der Waals surface area contributed by atoms with Gasteiger partial charge in [-0.1, -0.05) is 85.3 Å². The van der Waals surface area contributed by atoms with Crippen LogP contribution in [0.15, 0.2) is 12.2 Å². The summed E-state index contributed by atoms with van der Waals surface area (Å²) in [6.45, 7) is 13.1. The summed E-state index contributed by atoms with van der Waals surface area (Å²) in [7, 11) is 9.73. The van der Waals surface area contributed by atoms with Gasteiger partial charge in [0.2, 0.25) is 70.9 Å². The summed E-state index contributed by atoms with van der Waals surface area (Å²) in [6, 6.07) is -11.1. The topological polar surface area (TPSA) is 289 Å². The molecule has 2 saturated heterocycles. The maximum Gasteiger partial charge on any atom is 0.397 e. The third-order valence-electron chi connectivity index (χ3n) is 24.0. The molecule has 3 aliphatic heterocycles. The number of amides is 12. The van der Waals surface area contributed by atoms with Crippen LogP contribution in [0.1, 0.15) is 184 Å². The zero-order chi connectivity index (χ0) is 80.2. The molecule has 26 nitrogen and oxygen atoms in total. The van der Waals surface area contributed by atoms with E-state index in [1.54, 1.807) is 33.8 Å². The highest BCUT2D eigenvalue weighted by Gasteiger charge is 2.60. The SMILES string of the molecule is CCCO[C@H](C)[C@@H]1NC(=O)[C@H](COCC)N(C)C(=O)C[C@@H](C(=O)N(C)CC)N(C)C(=O)[C@H](C2CCCC2)N(C)C(=O)C2(CC(C)(C)C2)NC(=O)[C@@H]2C[C@H](C)CN2C(=O)[C@H](CCC2CC(F)C(C(F)(F)F)C(F)C2)NC(=O)CN(C)C(=O)[C@H](CC2CCC(C)CC2)N2CC/C=C\C[C@@H](C2=O)N(C)C(=O)CN(C)C1=O. The number of alkyl halides is 5. The second-order valence-corrected chi connectivity index (χ2v) is 33.1. The van der Waals surface area contributed by atoms with Gasteiger partial charge < -0.3 is 69.5 Å². The number of nitrogens with zero attached hydrogens (tertiary/aromatic N) is 9. The minimum absolute atomic E-state index is 0.00815. The van der Waals surface area contributed by atoms with Crippen LogP contribution in [0.25, 0.3) is 0 Å². The van der Waals surface area contributed by atoms with E-state index in [1.807, 2.05) is 26.8 Å². The van der Waals surface area contributed by atoms with Crippen molar-refractivity contribution in [1.29, 1.82) is 0 Å². The Kier molecular flexibility index (Phi) is 31.2. The number of halogens is 5. The van der Waals surface area contributed by atoms with E-state index < -0.39 is 212 Å². The third-order valence-corrected chi connectivity index (χ3v) is 24.0. The fourth-order valence-electron chi connectivity index (χ4n) is 17.6. The van der Waals surface area contributed by atoms with Crippen LogP contribution in [-0.4, -0.2) is 295 Å². The van der Waals surface area contributed by atoms with Crippen LogP contribution in [0.3, 0.4) is 0 Å². The van der Waals surface area contributed by atoms with Crippen LogP contribution in [0.2, 0.25) is 0 Å². The summed E-state index contributed by atoms with van der Waals surface area (Å²) in [5, 5.41) is 8.54. The average molecular weight is 1540 g/mol. The average Bonchev–Trinajstić information content (AvgIpc) is 0.954. The van der Waals surface area contributed by atoms with Crippen molar-refractivity contribution in [3.8, 4) is 0 Å². The lowest BCUT2D eigenvalue weighted by molar-refractivity contribution is -0.219. The van der Waals surface area contributed by atoms with Crippen molar-refractivity contribution >= 4 is 70.9 Å². The molecule has 6 fully saturated rings. The van der Waals surface area contributed by atoms with Crippen LogP contribution in [0, 0.1) is 40.9 Å². The Morgan fingerprint density at radius 2 is 1.31 bits per heavy atom. The number of ether oxygens (including phenoxy) is 2. The van der Waals surface area contributed by atoms with E-state index in [-0.39, 0.29) is 89.6 Å². The van der Waals surface area contributed by atoms with E-state index in [9.17, 15) is 37.1 Å². The molecule has 31 heteroatoms. The van der Waals surface area contributed by atoms with E-state index in [1.165, 1.54) is 73.8 Å². The summed E-state index contributed by atoms with van der Waals surface area (Å²) < 4.78 is 84.8. The first kappa shape index (κ1) is 88.2. The van der Waals surface area contributed by atoms with Crippen molar-refractivity contribution in [1.82, 2.24) is 60.0 Å². The zero-order valence-corrected chi connectivity index (χ0v) is 66.4. The molecule has 0 aromatic rings. The molecule has 4 saturated carbocycles. The van der Waals surface area contributed by atoms with Crippen molar-refractivity contribution < 1.29 is 89.0 Å². The van der Waals surface area contributed by atoms with Gasteiger partial charge in [0.25, 0.3) is 0 Å². The van der Waals surface area contributed by atoms with E-state index in [4.69, 9.17) is 9.47 Å². The lowest BCUT2D eigenvalue weighted by atomic mass is 9.58. The van der Waals surface area contributed by atoms with Gasteiger partial charge in [0.15, 0.2) is 0 Å². The van der Waals surface area contributed by atoms with Crippen molar-refractivity contribution in [2.75, 3.05) is 102 Å². The molecule has 0 aromatic carbocycles. The minimum atomic E-state index is -5.17. The van der Waals surface area contributed by atoms with Crippen LogP contribution in [0.5, 0.6) is 0 Å². The number of likely N-dealkylation sites (N-methyl/N-ethyl adjacent to an activating group) is 7. The molecule has 12 atom stereocenters. The Balaban J connectivity index is 1.33. The number of carbonyl (C=O) groups excluding carboxylic acids is 12. The molecule has 3 N–H and O–H groups in total. The molecular formula is C77H123F5N12O14. The van der Waals surface area contributed by atoms with Crippen LogP contribution < -0.4 is 16.0 Å². The zero-order valence-electron chi connectivity index (χ0n) is 66.4. The first-order valence-electron chi connectivity index (χ1n) is 39.2. The van der Waals surface area contributed by atoms with Gasteiger partial charge in [-0.3, -0.25) is 57.5 Å². The van der Waals surface area contributed by atoms with Crippen molar-refractivity contribution in [2.24, 2.45) is 40.9 Å². The Hall–Kier alpha value is -7.05. The number of rotatable bonds is 15. The second kappa shape index (κ2) is 38.3. The first-order chi connectivity index (χ1) is 50.7. The van der Waals surface area contributed by atoms with Gasteiger partial charge in [0.1, 0.15) is 72.1 Å². The van der Waals surface area contributed by atoms with Crippen LogP contribution >= 0.6 is 0 Å². The second-order valence-electron chi connectivity index (χ2n) is 33.1. The van der Waals surface area contributed by atoms with E-state index in [2.05, 4.69) is 22.9 Å². The first-order valence-corrected chi connectivity index (χ1v) is 39.2. The molecule has 7 aliphatic rings. The number of nitrogens with one attached hydrogen (secondary N) is 3. The minimum Gasteiger partial charge on any atom is -0.379 e. The number of carbonyl (C=O) groups is 12. The summed E-state index contributed by atoms with van der Waals surface area (Å²) in [6.07, 6.45) is -3.90. The normalized spacial score (nSPS) is 32.3. The molecule has 12 amide bonds. The maximum atomic E-state index is 15.8. The van der Waals surface area contributed by atoms with Gasteiger partial charge in [0, 0.05) is 82.2 Å². The molecule has 4 aliphatic carbocycles. The summed E-state index contributed by atoms with van der Waals surface area (Å²) in [4.78, 5) is 193. The molecular weight excluding hydrogens is 1410 g/mol. The molecule has 7 rings (SSSR count). The highest BCUT2D eigenvalue weighted by Crippen LogP contribution is 2.50. The van der Waals surface area contributed by atoms with Gasteiger partial charge in [-0.25, -0.2) is 8.78 Å². The number of hydrogen-bond donors (Lipinski definition) is 3. The fourth-order valence-corrected chi connectivity index (χ4v) is 17.6. The predicted octanol–water partition coefficient (Wildman–Crippen LogP) is 5.83. The van der Waals surface area contributed by atoms with E-state index in [0.717, 1.165) is 45.3 Å². The Labute approximate surface area is 634 Å². The summed E-state index contributed by atoms with van der Waals surface area (Å²) in [5.41, 5.74) is -2.25. The lowest BCUT2D eigenvalue weighted by Crippen LogP contribution is -2.71. The Bertz CT molecular complexity index is 3200. The molecule has 108 heavy (non-hydrogen) atoms. The Morgan fingerprint density at radius 3 is 1.90 bits per heavy atom. The fraction of sp³-hybridized carbons (Fsp3) is 0.818. The largest absolute Gasteiger partial charge is 0.397 e. The highest BCUT2D eigenvalue weighted by atomic mass is 19.4. The standard InChI is InChI=1S/C77H123F5N12O14/c1-16-34-108-48(6)64-72(104)88(11)42-62(97)89(12)55-26-20-19-23-33-93(71(55)103)58(38-49-29-27-46(4)28-30-49)70(102)87(10)41-60(95)83-54(32-31-50-36-52(78)63(53(79)37-50)77(80,81)82)68(100)94-40-47(5)35-56(94)67(99)85-76(44-75(7,8)45-76)74(106)92(15)65(51-24-21-22-25-51)73(105)91(14)57(69(101)86(9)17-2)39-61(96)90(13)59(43-107-18-3)66(98)84-64/h19-20,46-59,63-65H,16-18,21-45H2,1-15H3,(H,83,95)(H,84,98)(H,85,99)/b20-19-/t46?,47-,48+,49?,50?,52?,53?,54-,55-,56-,57-,58-,59-,63?,64-,65-/m0/s1. The van der Waals surface area contributed by atoms with Gasteiger partial charge in [0.05, 0.1) is 32.2 Å². The van der Waals surface area contributed by atoms with Crippen molar-refractivity contribution in [3.63, 3.8) is 0 Å². The van der Waals surface area contributed by atoms with Gasteiger partial charge in [-0.05, 0) is 139 Å². The van der Waals surface area contributed by atoms with E-state index >= 15 is 42.3 Å². The molecule has 2 unspecified atom stereocenters. The lowest BCUT2D eigenvalue weighted by Gasteiger charge is -2.54. The number of hydrogen-bond acceptors (Lipinski definition) is 14. The van der Waals surface area contributed by atoms with Gasteiger partial charge >= 0.3 is 6.18 Å². The molecule has 610 valence electrons. The monoisotopic (exact) mass is 1530 g/mol.